The highest BCUT2D eigenvalue weighted by atomic mass is 35.5. The van der Waals surface area contributed by atoms with E-state index in [2.05, 4.69) is 9.46 Å². The van der Waals surface area contributed by atoms with E-state index in [1.165, 1.54) is 19.2 Å². The van der Waals surface area contributed by atoms with Crippen LogP contribution < -0.4 is 4.72 Å². The first-order valence-electron chi connectivity index (χ1n) is 5.13. The molecule has 0 aliphatic heterocycles. The molecule has 0 radical (unpaired) electrons. The zero-order valence-electron chi connectivity index (χ0n) is 10.1. The van der Waals surface area contributed by atoms with Gasteiger partial charge in [-0.2, -0.15) is 4.72 Å². The molecule has 5 nitrogen and oxygen atoms in total. The van der Waals surface area contributed by atoms with E-state index < -0.39 is 22.0 Å². The first-order valence-corrected chi connectivity index (χ1v) is 7.81. The number of thiophene rings is 1. The van der Waals surface area contributed by atoms with Gasteiger partial charge in [0, 0.05) is 0 Å². The van der Waals surface area contributed by atoms with E-state index in [0.717, 1.165) is 11.3 Å². The van der Waals surface area contributed by atoms with Crippen LogP contribution in [0.25, 0.3) is 0 Å². The first kappa shape index (κ1) is 15.4. The van der Waals surface area contributed by atoms with Crippen molar-refractivity contribution < 1.29 is 17.9 Å². The van der Waals surface area contributed by atoms with E-state index in [1.54, 1.807) is 13.8 Å². The lowest BCUT2D eigenvalue weighted by molar-refractivity contribution is -0.143. The number of rotatable bonds is 5. The molecule has 0 bridgehead atoms. The average Bonchev–Trinajstić information content (AvgIpc) is 2.72. The van der Waals surface area contributed by atoms with Gasteiger partial charge >= 0.3 is 5.97 Å². The lowest BCUT2D eigenvalue weighted by Gasteiger charge is -2.19. The quantitative estimate of drug-likeness (QED) is 0.843. The number of halogens is 1. The third-order valence-electron chi connectivity index (χ3n) is 2.22. The van der Waals surface area contributed by atoms with Crippen molar-refractivity contribution in [2.75, 3.05) is 7.11 Å². The summed E-state index contributed by atoms with van der Waals surface area (Å²) >= 11 is 6.62. The van der Waals surface area contributed by atoms with Crippen molar-refractivity contribution in [3.63, 3.8) is 0 Å². The van der Waals surface area contributed by atoms with E-state index in [-0.39, 0.29) is 10.1 Å². The Bertz CT molecular complexity index is 524. The fourth-order valence-corrected chi connectivity index (χ4v) is 4.08. The van der Waals surface area contributed by atoms with Crippen LogP contribution >= 0.6 is 22.9 Å². The minimum atomic E-state index is -3.76. The van der Waals surface area contributed by atoms with Crippen LogP contribution in [0.2, 0.25) is 4.34 Å². The van der Waals surface area contributed by atoms with Gasteiger partial charge in [0.15, 0.2) is 0 Å². The fourth-order valence-electron chi connectivity index (χ4n) is 1.25. The summed E-state index contributed by atoms with van der Waals surface area (Å²) in [5.74, 6) is -0.834. The van der Waals surface area contributed by atoms with E-state index >= 15 is 0 Å². The van der Waals surface area contributed by atoms with Crippen molar-refractivity contribution in [2.24, 2.45) is 5.92 Å². The summed E-state index contributed by atoms with van der Waals surface area (Å²) in [5.41, 5.74) is 0. The molecule has 8 heteroatoms. The number of nitrogens with one attached hydrogen (secondary N) is 1. The second kappa shape index (κ2) is 6.01. The molecule has 0 saturated carbocycles. The number of carbonyl (C=O) groups is 1. The predicted molar refractivity (Wildman–Crippen MR) is 70.3 cm³/mol. The minimum Gasteiger partial charge on any atom is -0.468 e. The molecule has 18 heavy (non-hydrogen) atoms. The van der Waals surface area contributed by atoms with Gasteiger partial charge in [-0.25, -0.2) is 8.42 Å². The van der Waals surface area contributed by atoms with Gasteiger partial charge in [0.25, 0.3) is 10.0 Å². The lowest BCUT2D eigenvalue weighted by Crippen LogP contribution is -2.44. The summed E-state index contributed by atoms with van der Waals surface area (Å²) in [6.45, 7) is 3.46. The van der Waals surface area contributed by atoms with Crippen molar-refractivity contribution in [2.45, 2.75) is 24.1 Å². The van der Waals surface area contributed by atoms with Gasteiger partial charge < -0.3 is 4.74 Å². The SMILES string of the molecule is COC(=O)[C@@H](NS(=O)(=O)c1ccc(Cl)s1)C(C)C. The summed E-state index contributed by atoms with van der Waals surface area (Å²) < 4.78 is 31.4. The second-order valence-electron chi connectivity index (χ2n) is 3.92. The molecule has 1 atom stereocenters. The molecule has 1 heterocycles. The van der Waals surface area contributed by atoms with Crippen LogP contribution in [0, 0.1) is 5.92 Å². The number of carbonyl (C=O) groups excluding carboxylic acids is 1. The highest BCUT2D eigenvalue weighted by Crippen LogP contribution is 2.25. The van der Waals surface area contributed by atoms with E-state index in [0.29, 0.717) is 4.34 Å². The molecule has 0 fully saturated rings. The smallest absolute Gasteiger partial charge is 0.324 e. The van der Waals surface area contributed by atoms with Gasteiger partial charge in [0.05, 0.1) is 11.4 Å². The van der Waals surface area contributed by atoms with Gasteiger partial charge in [0.2, 0.25) is 0 Å². The molecule has 1 aromatic heterocycles. The van der Waals surface area contributed by atoms with E-state index in [4.69, 9.17) is 11.6 Å². The second-order valence-corrected chi connectivity index (χ2v) is 7.58. The molecule has 0 aliphatic rings. The van der Waals surface area contributed by atoms with Gasteiger partial charge in [-0.05, 0) is 18.1 Å². The maximum Gasteiger partial charge on any atom is 0.324 e. The Labute approximate surface area is 115 Å². The van der Waals surface area contributed by atoms with Crippen molar-refractivity contribution in [1.29, 1.82) is 0 Å². The summed E-state index contributed by atoms with van der Waals surface area (Å²) in [6.07, 6.45) is 0. The number of hydrogen-bond donors (Lipinski definition) is 1. The highest BCUT2D eigenvalue weighted by Gasteiger charge is 2.29. The largest absolute Gasteiger partial charge is 0.468 e. The zero-order chi connectivity index (χ0) is 13.9. The third kappa shape index (κ3) is 3.68. The molecular formula is C10H14ClNO4S2. The van der Waals surface area contributed by atoms with Crippen molar-refractivity contribution >= 4 is 38.9 Å². The first-order chi connectivity index (χ1) is 8.27. The van der Waals surface area contributed by atoms with Crippen LogP contribution in [0.4, 0.5) is 0 Å². The van der Waals surface area contributed by atoms with E-state index in [1.807, 2.05) is 0 Å². The Hall–Kier alpha value is -0.630. The molecule has 0 saturated heterocycles. The highest BCUT2D eigenvalue weighted by molar-refractivity contribution is 7.91. The number of sulfonamides is 1. The Kier molecular flexibility index (Phi) is 5.15. The number of ether oxygens (including phenoxy) is 1. The normalized spacial score (nSPS) is 13.6. The molecule has 102 valence electrons. The van der Waals surface area contributed by atoms with Gasteiger partial charge in [0.1, 0.15) is 10.3 Å². The Morgan fingerprint density at radius 1 is 1.44 bits per heavy atom. The van der Waals surface area contributed by atoms with Gasteiger partial charge in [-0.1, -0.05) is 25.4 Å². The number of methoxy groups -OCH3 is 1. The third-order valence-corrected chi connectivity index (χ3v) is 5.38. The minimum absolute atomic E-state index is 0.0713. The predicted octanol–water partition coefficient (Wildman–Crippen LogP) is 1.88. The van der Waals surface area contributed by atoms with Crippen LogP contribution in [0.1, 0.15) is 13.8 Å². The van der Waals surface area contributed by atoms with Gasteiger partial charge in [-0.15, -0.1) is 11.3 Å². The lowest BCUT2D eigenvalue weighted by atomic mass is 10.1. The maximum atomic E-state index is 12.0. The molecule has 0 spiro atoms. The number of hydrogen-bond acceptors (Lipinski definition) is 5. The Morgan fingerprint density at radius 3 is 2.44 bits per heavy atom. The Balaban J connectivity index is 2.97. The van der Waals surface area contributed by atoms with Crippen LogP contribution in [0.3, 0.4) is 0 Å². The maximum absolute atomic E-state index is 12.0. The van der Waals surface area contributed by atoms with Crippen LogP contribution in [0.5, 0.6) is 0 Å². The van der Waals surface area contributed by atoms with Crippen molar-refractivity contribution in [1.82, 2.24) is 4.72 Å². The summed E-state index contributed by atoms with van der Waals surface area (Å²) in [5, 5.41) is 0. The zero-order valence-corrected chi connectivity index (χ0v) is 12.5. The average molecular weight is 312 g/mol. The van der Waals surface area contributed by atoms with Crippen LogP contribution in [-0.4, -0.2) is 27.5 Å². The van der Waals surface area contributed by atoms with Crippen molar-refractivity contribution in [3.8, 4) is 0 Å². The van der Waals surface area contributed by atoms with Crippen molar-refractivity contribution in [3.05, 3.63) is 16.5 Å². The standard InChI is InChI=1S/C10H14ClNO4S2/c1-6(2)9(10(13)16-3)12-18(14,15)8-5-4-7(11)17-8/h4-6,9,12H,1-3H3/t9-/m0/s1. The number of esters is 1. The van der Waals surface area contributed by atoms with Crippen LogP contribution in [0.15, 0.2) is 16.3 Å². The summed E-state index contributed by atoms with van der Waals surface area (Å²) in [4.78, 5) is 11.5. The molecule has 0 amide bonds. The van der Waals surface area contributed by atoms with E-state index in [9.17, 15) is 13.2 Å². The Morgan fingerprint density at radius 2 is 2.06 bits per heavy atom. The molecule has 1 aromatic rings. The summed E-state index contributed by atoms with van der Waals surface area (Å²) in [6, 6.07) is 1.97. The molecule has 0 aliphatic carbocycles. The fraction of sp³-hybridized carbons (Fsp3) is 0.500. The molecule has 0 aromatic carbocycles. The monoisotopic (exact) mass is 311 g/mol. The summed E-state index contributed by atoms with van der Waals surface area (Å²) in [7, 11) is -2.54. The topological polar surface area (TPSA) is 72.5 Å². The molecule has 1 rings (SSSR count). The molecular weight excluding hydrogens is 298 g/mol. The van der Waals surface area contributed by atoms with Crippen LogP contribution in [-0.2, 0) is 19.6 Å². The van der Waals surface area contributed by atoms with Gasteiger partial charge in [-0.3, -0.25) is 4.79 Å². The molecule has 1 N–H and O–H groups in total. The molecule has 0 unspecified atom stereocenters.